The summed E-state index contributed by atoms with van der Waals surface area (Å²) in [5.74, 6) is -0.718. The molecule has 1 aromatic carbocycles. The normalized spacial score (nSPS) is 14.2. The number of aliphatic hydroxyl groups excluding tert-OH is 1. The summed E-state index contributed by atoms with van der Waals surface area (Å²) in [5.41, 5.74) is 1.76. The number of aromatic nitrogens is 1. The molecule has 2 N–H and O–H groups in total. The highest BCUT2D eigenvalue weighted by Gasteiger charge is 2.19. The lowest BCUT2D eigenvalue weighted by molar-refractivity contribution is 0.166. The largest absolute Gasteiger partial charge is 0.387 e. The number of hydrogen-bond donors (Lipinski definition) is 2. The van der Waals surface area contributed by atoms with Gasteiger partial charge in [-0.1, -0.05) is 11.2 Å². The molecule has 1 heterocycles. The van der Waals surface area contributed by atoms with Crippen LogP contribution in [0.5, 0.6) is 0 Å². The van der Waals surface area contributed by atoms with Crippen LogP contribution in [0.1, 0.15) is 41.7 Å². The van der Waals surface area contributed by atoms with Crippen molar-refractivity contribution in [2.24, 2.45) is 0 Å². The van der Waals surface area contributed by atoms with Crippen LogP contribution in [0.25, 0.3) is 0 Å². The Balaban J connectivity index is 2.02. The van der Waals surface area contributed by atoms with Crippen LogP contribution in [-0.4, -0.2) is 16.8 Å². The van der Waals surface area contributed by atoms with Gasteiger partial charge in [0.1, 0.15) is 17.4 Å². The van der Waals surface area contributed by atoms with Crippen molar-refractivity contribution in [3.63, 3.8) is 0 Å². The van der Waals surface area contributed by atoms with Crippen molar-refractivity contribution in [1.82, 2.24) is 10.5 Å². The highest BCUT2D eigenvalue weighted by Crippen LogP contribution is 2.22. The minimum atomic E-state index is -1.06. The van der Waals surface area contributed by atoms with E-state index in [1.807, 2.05) is 20.8 Å². The van der Waals surface area contributed by atoms with Crippen molar-refractivity contribution in [3.8, 4) is 0 Å². The van der Waals surface area contributed by atoms with Crippen LogP contribution in [0.2, 0.25) is 0 Å². The molecule has 0 saturated carbocycles. The molecule has 2 atom stereocenters. The maximum atomic E-state index is 13.6. The van der Waals surface area contributed by atoms with Gasteiger partial charge in [0.25, 0.3) is 0 Å². The first kappa shape index (κ1) is 15.6. The van der Waals surface area contributed by atoms with Gasteiger partial charge >= 0.3 is 0 Å². The fourth-order valence-corrected chi connectivity index (χ4v) is 2.38. The summed E-state index contributed by atoms with van der Waals surface area (Å²) in [5, 5.41) is 17.0. The smallest absolute Gasteiger partial charge is 0.138 e. The maximum Gasteiger partial charge on any atom is 0.138 e. The summed E-state index contributed by atoms with van der Waals surface area (Å²) in [6, 6.07) is 3.03. The molecule has 2 unspecified atom stereocenters. The van der Waals surface area contributed by atoms with Gasteiger partial charge in [0.05, 0.1) is 11.8 Å². The number of hydrogen-bond acceptors (Lipinski definition) is 4. The van der Waals surface area contributed by atoms with Crippen molar-refractivity contribution >= 4 is 0 Å². The minimum absolute atomic E-state index is 0.0647. The van der Waals surface area contributed by atoms with E-state index >= 15 is 0 Å². The topological polar surface area (TPSA) is 58.3 Å². The second-order valence-electron chi connectivity index (χ2n) is 5.05. The zero-order valence-corrected chi connectivity index (χ0v) is 12.2. The van der Waals surface area contributed by atoms with E-state index in [0.717, 1.165) is 23.4 Å². The summed E-state index contributed by atoms with van der Waals surface area (Å²) in [6.07, 6.45) is -1.06. The Bertz CT molecular complexity index is 609. The van der Waals surface area contributed by atoms with Gasteiger partial charge < -0.3 is 14.9 Å². The minimum Gasteiger partial charge on any atom is -0.387 e. The van der Waals surface area contributed by atoms with Gasteiger partial charge in [-0.05, 0) is 26.8 Å². The summed E-state index contributed by atoms with van der Waals surface area (Å²) in [4.78, 5) is 0. The summed E-state index contributed by atoms with van der Waals surface area (Å²) in [6.45, 7) is 5.68. The second kappa shape index (κ2) is 6.32. The lowest BCUT2D eigenvalue weighted by Crippen LogP contribution is -2.25. The van der Waals surface area contributed by atoms with E-state index in [9.17, 15) is 13.9 Å². The molecule has 114 valence electrons. The fourth-order valence-electron chi connectivity index (χ4n) is 2.38. The number of rotatable bonds is 5. The standard InChI is InChI=1S/C15H18F2N2O2/c1-8(15-9(2)19-21-10(15)3)18-7-14(20)12-5-4-11(16)6-13(12)17/h4-6,8,14,18,20H,7H2,1-3H3. The molecule has 21 heavy (non-hydrogen) atoms. The first-order valence-electron chi connectivity index (χ1n) is 6.69. The van der Waals surface area contributed by atoms with Crippen LogP contribution in [0.15, 0.2) is 22.7 Å². The predicted molar refractivity (Wildman–Crippen MR) is 73.7 cm³/mol. The van der Waals surface area contributed by atoms with E-state index in [4.69, 9.17) is 4.52 Å². The summed E-state index contributed by atoms with van der Waals surface area (Å²) >= 11 is 0. The molecule has 0 bridgehead atoms. The quantitative estimate of drug-likeness (QED) is 0.890. The Kier molecular flexibility index (Phi) is 4.69. The number of nitrogens with zero attached hydrogens (tertiary/aromatic N) is 1. The SMILES string of the molecule is Cc1noc(C)c1C(C)NCC(O)c1ccc(F)cc1F. The lowest BCUT2D eigenvalue weighted by atomic mass is 10.1. The van der Waals surface area contributed by atoms with Crippen LogP contribution >= 0.6 is 0 Å². The van der Waals surface area contributed by atoms with E-state index in [-0.39, 0.29) is 18.2 Å². The van der Waals surface area contributed by atoms with Crippen molar-refractivity contribution in [3.05, 3.63) is 52.4 Å². The molecule has 0 spiro atoms. The first-order valence-corrected chi connectivity index (χ1v) is 6.69. The average Bonchev–Trinajstić information content (AvgIpc) is 2.75. The third-order valence-corrected chi connectivity index (χ3v) is 3.46. The molecular formula is C15H18F2N2O2. The monoisotopic (exact) mass is 296 g/mol. The molecule has 4 nitrogen and oxygen atoms in total. The van der Waals surface area contributed by atoms with Crippen LogP contribution < -0.4 is 5.32 Å². The molecule has 0 aliphatic rings. The Morgan fingerprint density at radius 1 is 1.33 bits per heavy atom. The van der Waals surface area contributed by atoms with Crippen molar-refractivity contribution in [2.45, 2.75) is 32.9 Å². The molecule has 0 saturated heterocycles. The highest BCUT2D eigenvalue weighted by molar-refractivity contribution is 5.25. The molecule has 0 radical (unpaired) electrons. The average molecular weight is 296 g/mol. The zero-order chi connectivity index (χ0) is 15.6. The van der Waals surface area contributed by atoms with Crippen molar-refractivity contribution in [1.29, 1.82) is 0 Å². The number of aliphatic hydroxyl groups is 1. The molecule has 2 aromatic rings. The number of aryl methyl sites for hydroxylation is 2. The molecule has 6 heteroatoms. The van der Waals surface area contributed by atoms with E-state index in [1.54, 1.807) is 0 Å². The highest BCUT2D eigenvalue weighted by atomic mass is 19.1. The Labute approximate surface area is 121 Å². The van der Waals surface area contributed by atoms with Crippen LogP contribution in [0, 0.1) is 25.5 Å². The second-order valence-corrected chi connectivity index (χ2v) is 5.05. The summed E-state index contributed by atoms with van der Waals surface area (Å²) in [7, 11) is 0. The predicted octanol–water partition coefficient (Wildman–Crippen LogP) is 2.95. The number of halogens is 2. The maximum absolute atomic E-state index is 13.6. The lowest BCUT2D eigenvalue weighted by Gasteiger charge is -2.17. The van der Waals surface area contributed by atoms with E-state index in [0.29, 0.717) is 5.76 Å². The molecule has 0 amide bonds. The molecule has 1 aromatic heterocycles. The molecule has 0 aliphatic heterocycles. The third-order valence-electron chi connectivity index (χ3n) is 3.46. The van der Waals surface area contributed by atoms with Gasteiger partial charge in [-0.3, -0.25) is 0 Å². The van der Waals surface area contributed by atoms with Gasteiger partial charge in [0.15, 0.2) is 0 Å². The van der Waals surface area contributed by atoms with Gasteiger partial charge in [-0.15, -0.1) is 0 Å². The Hall–Kier alpha value is -1.79. The van der Waals surface area contributed by atoms with Crippen LogP contribution in [0.3, 0.4) is 0 Å². The van der Waals surface area contributed by atoms with Crippen LogP contribution in [0.4, 0.5) is 8.78 Å². The molecule has 0 aliphatic carbocycles. The summed E-state index contributed by atoms with van der Waals surface area (Å²) < 4.78 is 31.5. The van der Waals surface area contributed by atoms with Gasteiger partial charge in [-0.2, -0.15) is 0 Å². The van der Waals surface area contributed by atoms with Crippen molar-refractivity contribution < 1.29 is 18.4 Å². The van der Waals surface area contributed by atoms with Crippen LogP contribution in [-0.2, 0) is 0 Å². The Morgan fingerprint density at radius 2 is 2.05 bits per heavy atom. The number of nitrogens with one attached hydrogen (secondary N) is 1. The van der Waals surface area contributed by atoms with Gasteiger partial charge in [0.2, 0.25) is 0 Å². The van der Waals surface area contributed by atoms with E-state index in [1.165, 1.54) is 6.07 Å². The third kappa shape index (κ3) is 3.46. The molecular weight excluding hydrogens is 278 g/mol. The van der Waals surface area contributed by atoms with Gasteiger partial charge in [0, 0.05) is 29.8 Å². The molecule has 0 fully saturated rings. The van der Waals surface area contributed by atoms with E-state index in [2.05, 4.69) is 10.5 Å². The fraction of sp³-hybridized carbons (Fsp3) is 0.400. The first-order chi connectivity index (χ1) is 9.90. The van der Waals surface area contributed by atoms with E-state index < -0.39 is 17.7 Å². The van der Waals surface area contributed by atoms with Crippen molar-refractivity contribution in [2.75, 3.05) is 6.54 Å². The zero-order valence-electron chi connectivity index (χ0n) is 12.2. The Morgan fingerprint density at radius 3 is 2.62 bits per heavy atom. The number of benzene rings is 1. The van der Waals surface area contributed by atoms with Gasteiger partial charge in [-0.25, -0.2) is 8.78 Å². The molecule has 2 rings (SSSR count).